The van der Waals surface area contributed by atoms with Crippen molar-refractivity contribution in [3.8, 4) is 17.2 Å². The summed E-state index contributed by atoms with van der Waals surface area (Å²) in [5, 5.41) is 6.96. The van der Waals surface area contributed by atoms with E-state index in [1.807, 2.05) is 12.1 Å². The van der Waals surface area contributed by atoms with Crippen LogP contribution in [-0.4, -0.2) is 59.5 Å². The molecule has 0 bridgehead atoms. The third kappa shape index (κ3) is 5.75. The van der Waals surface area contributed by atoms with Crippen LogP contribution in [0.25, 0.3) is 0 Å². The summed E-state index contributed by atoms with van der Waals surface area (Å²) in [5.41, 5.74) is 2.31. The molecule has 7 heteroatoms. The normalized spacial score (nSPS) is 16.2. The number of anilines is 1. The summed E-state index contributed by atoms with van der Waals surface area (Å²) in [7, 11) is 4.89. The highest BCUT2D eigenvalue weighted by Gasteiger charge is 2.23. The Labute approximate surface area is 185 Å². The lowest BCUT2D eigenvalue weighted by atomic mass is 10.1. The number of para-hydroxylation sites is 1. The van der Waals surface area contributed by atoms with E-state index in [0.29, 0.717) is 29.8 Å². The monoisotopic (exact) mass is 426 g/mol. The van der Waals surface area contributed by atoms with Gasteiger partial charge in [0.15, 0.2) is 17.5 Å². The van der Waals surface area contributed by atoms with Gasteiger partial charge < -0.3 is 29.7 Å². The van der Waals surface area contributed by atoms with E-state index in [9.17, 15) is 0 Å². The van der Waals surface area contributed by atoms with E-state index >= 15 is 0 Å². The molecular weight excluding hydrogens is 392 g/mol. The zero-order chi connectivity index (χ0) is 22.1. The Balaban J connectivity index is 1.62. The summed E-state index contributed by atoms with van der Waals surface area (Å²) < 4.78 is 16.4. The molecule has 1 unspecified atom stereocenters. The van der Waals surface area contributed by atoms with Crippen LogP contribution in [0, 0.1) is 0 Å². The molecule has 1 saturated heterocycles. The van der Waals surface area contributed by atoms with Gasteiger partial charge in [-0.1, -0.05) is 24.3 Å². The van der Waals surface area contributed by atoms with Crippen molar-refractivity contribution in [1.82, 2.24) is 10.6 Å². The number of ether oxygens (including phenoxy) is 3. The topological polar surface area (TPSA) is 67.4 Å². The van der Waals surface area contributed by atoms with Crippen molar-refractivity contribution in [2.24, 2.45) is 4.99 Å². The van der Waals surface area contributed by atoms with E-state index in [0.717, 1.165) is 44.0 Å². The van der Waals surface area contributed by atoms with E-state index in [1.165, 1.54) is 5.69 Å². The van der Waals surface area contributed by atoms with Gasteiger partial charge in [0, 0.05) is 43.5 Å². The number of hydrogen-bond acceptors (Lipinski definition) is 5. The Morgan fingerprint density at radius 1 is 1.03 bits per heavy atom. The summed E-state index contributed by atoms with van der Waals surface area (Å²) >= 11 is 0. The Bertz CT molecular complexity index is 857. The summed E-state index contributed by atoms with van der Waals surface area (Å²) in [4.78, 5) is 7.20. The SMILES string of the molecule is CCNC(=NCCc1ccc(OC)c(OC)c1OC)NC1CCN(c2ccccc2)C1. The molecule has 1 atom stereocenters. The van der Waals surface area contributed by atoms with Gasteiger partial charge in [-0.3, -0.25) is 4.99 Å². The van der Waals surface area contributed by atoms with Gasteiger partial charge in [0.1, 0.15) is 0 Å². The molecule has 168 valence electrons. The third-order valence-corrected chi connectivity index (χ3v) is 5.43. The Kier molecular flexibility index (Phi) is 8.27. The molecule has 3 rings (SSSR count). The highest BCUT2D eigenvalue weighted by atomic mass is 16.5. The fraction of sp³-hybridized carbons (Fsp3) is 0.458. The minimum Gasteiger partial charge on any atom is -0.493 e. The van der Waals surface area contributed by atoms with Crippen molar-refractivity contribution < 1.29 is 14.2 Å². The largest absolute Gasteiger partial charge is 0.493 e. The van der Waals surface area contributed by atoms with Crippen LogP contribution in [0.15, 0.2) is 47.5 Å². The number of nitrogens with zero attached hydrogens (tertiary/aromatic N) is 2. The minimum absolute atomic E-state index is 0.369. The molecule has 0 spiro atoms. The van der Waals surface area contributed by atoms with E-state index in [-0.39, 0.29) is 0 Å². The van der Waals surface area contributed by atoms with Crippen molar-refractivity contribution in [2.45, 2.75) is 25.8 Å². The van der Waals surface area contributed by atoms with Gasteiger partial charge in [-0.25, -0.2) is 0 Å². The predicted molar refractivity (Wildman–Crippen MR) is 126 cm³/mol. The van der Waals surface area contributed by atoms with E-state index in [1.54, 1.807) is 21.3 Å². The predicted octanol–water partition coefficient (Wildman–Crippen LogP) is 3.09. The second kappa shape index (κ2) is 11.3. The Morgan fingerprint density at radius 3 is 2.48 bits per heavy atom. The van der Waals surface area contributed by atoms with Crippen LogP contribution >= 0.6 is 0 Å². The molecule has 0 amide bonds. The van der Waals surface area contributed by atoms with E-state index < -0.39 is 0 Å². The van der Waals surface area contributed by atoms with Gasteiger partial charge in [-0.05, 0) is 38.0 Å². The van der Waals surface area contributed by atoms with E-state index in [4.69, 9.17) is 19.2 Å². The molecule has 1 heterocycles. The molecule has 2 N–H and O–H groups in total. The van der Waals surface area contributed by atoms with Gasteiger partial charge >= 0.3 is 0 Å². The van der Waals surface area contributed by atoms with Gasteiger partial charge in [0.2, 0.25) is 5.75 Å². The lowest BCUT2D eigenvalue weighted by Crippen LogP contribution is -2.44. The molecular formula is C24H34N4O3. The molecule has 0 aromatic heterocycles. The standard InChI is InChI=1S/C24H34N4O3/c1-5-25-24(27-19-14-16-28(17-19)20-9-7-6-8-10-20)26-15-13-18-11-12-21(29-2)23(31-4)22(18)30-3/h6-12,19H,5,13-17H2,1-4H3,(H2,25,26,27). The first-order valence-electron chi connectivity index (χ1n) is 10.8. The van der Waals surface area contributed by atoms with Crippen LogP contribution in [0.2, 0.25) is 0 Å². The number of hydrogen-bond donors (Lipinski definition) is 2. The number of nitrogens with one attached hydrogen (secondary N) is 2. The average Bonchev–Trinajstić information content (AvgIpc) is 3.27. The molecule has 1 aliphatic rings. The van der Waals surface area contributed by atoms with Gasteiger partial charge in [-0.15, -0.1) is 0 Å². The highest BCUT2D eigenvalue weighted by Crippen LogP contribution is 2.39. The second-order valence-corrected chi connectivity index (χ2v) is 7.42. The quantitative estimate of drug-likeness (QED) is 0.475. The number of aliphatic imine (C=N–C) groups is 1. The van der Waals surface area contributed by atoms with E-state index in [2.05, 4.69) is 52.8 Å². The van der Waals surface area contributed by atoms with Crippen LogP contribution in [0.5, 0.6) is 17.2 Å². The van der Waals surface area contributed by atoms with Gasteiger partial charge in [0.25, 0.3) is 0 Å². The zero-order valence-electron chi connectivity index (χ0n) is 19.0. The second-order valence-electron chi connectivity index (χ2n) is 7.42. The minimum atomic E-state index is 0.369. The Hall–Kier alpha value is -3.09. The molecule has 1 aliphatic heterocycles. The first-order chi connectivity index (χ1) is 15.2. The van der Waals surface area contributed by atoms with Crippen LogP contribution in [-0.2, 0) is 6.42 Å². The van der Waals surface area contributed by atoms with Crippen LogP contribution in [0.1, 0.15) is 18.9 Å². The molecule has 0 radical (unpaired) electrons. The number of guanidine groups is 1. The van der Waals surface area contributed by atoms with Crippen molar-refractivity contribution in [2.75, 3.05) is 52.4 Å². The zero-order valence-corrected chi connectivity index (χ0v) is 19.0. The third-order valence-electron chi connectivity index (χ3n) is 5.43. The fourth-order valence-corrected chi connectivity index (χ4v) is 3.91. The van der Waals surface area contributed by atoms with Crippen LogP contribution in [0.4, 0.5) is 5.69 Å². The molecule has 2 aromatic rings. The van der Waals surface area contributed by atoms with Crippen molar-refractivity contribution in [1.29, 1.82) is 0 Å². The smallest absolute Gasteiger partial charge is 0.203 e. The van der Waals surface area contributed by atoms with Crippen molar-refractivity contribution >= 4 is 11.6 Å². The molecule has 1 fully saturated rings. The molecule has 0 aliphatic carbocycles. The average molecular weight is 427 g/mol. The molecule has 2 aromatic carbocycles. The van der Waals surface area contributed by atoms with Crippen LogP contribution in [0.3, 0.4) is 0 Å². The first-order valence-corrected chi connectivity index (χ1v) is 10.8. The molecule has 0 saturated carbocycles. The van der Waals surface area contributed by atoms with Crippen LogP contribution < -0.4 is 29.7 Å². The lowest BCUT2D eigenvalue weighted by Gasteiger charge is -2.20. The molecule has 31 heavy (non-hydrogen) atoms. The summed E-state index contributed by atoms with van der Waals surface area (Å²) in [6.45, 7) is 5.55. The summed E-state index contributed by atoms with van der Waals surface area (Å²) in [5.74, 6) is 2.82. The highest BCUT2D eigenvalue weighted by molar-refractivity contribution is 5.80. The lowest BCUT2D eigenvalue weighted by molar-refractivity contribution is 0.322. The maximum atomic E-state index is 5.59. The Morgan fingerprint density at radius 2 is 1.81 bits per heavy atom. The van der Waals surface area contributed by atoms with Gasteiger partial charge in [-0.2, -0.15) is 0 Å². The summed E-state index contributed by atoms with van der Waals surface area (Å²) in [6, 6.07) is 14.8. The van der Waals surface area contributed by atoms with Gasteiger partial charge in [0.05, 0.1) is 21.3 Å². The number of benzene rings is 2. The van der Waals surface area contributed by atoms with Crippen molar-refractivity contribution in [3.05, 3.63) is 48.0 Å². The maximum Gasteiger partial charge on any atom is 0.203 e. The number of methoxy groups -OCH3 is 3. The molecule has 7 nitrogen and oxygen atoms in total. The fourth-order valence-electron chi connectivity index (χ4n) is 3.91. The number of rotatable bonds is 9. The first kappa shape index (κ1) is 22.6. The summed E-state index contributed by atoms with van der Waals surface area (Å²) in [6.07, 6.45) is 1.82. The van der Waals surface area contributed by atoms with Crippen molar-refractivity contribution in [3.63, 3.8) is 0 Å². The maximum absolute atomic E-state index is 5.59.